The molecule has 0 spiro atoms. The minimum Gasteiger partial charge on any atom is -0.481 e. The molecule has 0 bridgehead atoms. The molecule has 0 saturated carbocycles. The molecule has 0 aliphatic rings. The predicted octanol–water partition coefficient (Wildman–Crippen LogP) is 1.96. The van der Waals surface area contributed by atoms with Gasteiger partial charge in [-0.3, -0.25) is 4.79 Å². The van der Waals surface area contributed by atoms with Crippen molar-refractivity contribution in [3.63, 3.8) is 0 Å². The molecule has 0 amide bonds. The summed E-state index contributed by atoms with van der Waals surface area (Å²) in [5, 5.41) is 8.73. The van der Waals surface area contributed by atoms with E-state index in [9.17, 15) is 4.79 Å². The second-order valence-corrected chi connectivity index (χ2v) is 4.24. The fourth-order valence-corrected chi connectivity index (χ4v) is 1.96. The Morgan fingerprint density at radius 1 is 1.17 bits per heavy atom. The first kappa shape index (κ1) is 14.4. The van der Waals surface area contributed by atoms with E-state index in [2.05, 4.69) is 28.7 Å². The van der Waals surface area contributed by atoms with Crippen molar-refractivity contribution in [1.82, 2.24) is 9.97 Å². The molecule has 5 heteroatoms. The van der Waals surface area contributed by atoms with Gasteiger partial charge in [0.2, 0.25) is 5.95 Å². The van der Waals surface area contributed by atoms with Crippen molar-refractivity contribution in [2.75, 3.05) is 18.0 Å². The summed E-state index contributed by atoms with van der Waals surface area (Å²) in [6.07, 6.45) is 0.612. The van der Waals surface area contributed by atoms with Gasteiger partial charge in [0.15, 0.2) is 0 Å². The van der Waals surface area contributed by atoms with E-state index in [1.54, 1.807) is 0 Å². The van der Waals surface area contributed by atoms with Gasteiger partial charge < -0.3 is 10.0 Å². The third kappa shape index (κ3) is 3.42. The largest absolute Gasteiger partial charge is 0.481 e. The first-order valence-electron chi connectivity index (χ1n) is 6.30. The van der Waals surface area contributed by atoms with Gasteiger partial charge in [0.05, 0.1) is 0 Å². The van der Waals surface area contributed by atoms with Crippen molar-refractivity contribution in [3.8, 4) is 0 Å². The zero-order valence-corrected chi connectivity index (χ0v) is 11.5. The molecule has 18 heavy (non-hydrogen) atoms. The van der Waals surface area contributed by atoms with Crippen LogP contribution in [0.1, 0.15) is 37.2 Å². The maximum absolute atomic E-state index is 10.6. The average Bonchev–Trinajstić information content (AvgIpc) is 2.29. The summed E-state index contributed by atoms with van der Waals surface area (Å²) < 4.78 is 0. The minimum atomic E-state index is -0.790. The van der Waals surface area contributed by atoms with Gasteiger partial charge in [0, 0.05) is 30.9 Å². The van der Waals surface area contributed by atoms with Crippen molar-refractivity contribution in [2.24, 2.45) is 0 Å². The molecule has 0 aliphatic carbocycles. The first-order chi connectivity index (χ1) is 8.49. The zero-order valence-electron chi connectivity index (χ0n) is 11.5. The van der Waals surface area contributed by atoms with E-state index in [0.717, 1.165) is 36.0 Å². The van der Waals surface area contributed by atoms with Gasteiger partial charge in [-0.2, -0.15) is 0 Å². The minimum absolute atomic E-state index is 0.121. The summed E-state index contributed by atoms with van der Waals surface area (Å²) >= 11 is 0. The van der Waals surface area contributed by atoms with Crippen molar-refractivity contribution >= 4 is 11.9 Å². The third-order valence-corrected chi connectivity index (χ3v) is 3.04. The molecule has 1 rings (SSSR count). The van der Waals surface area contributed by atoms with Crippen molar-refractivity contribution < 1.29 is 9.90 Å². The maximum Gasteiger partial charge on any atom is 0.303 e. The molecule has 0 unspecified atom stereocenters. The second kappa shape index (κ2) is 6.33. The van der Waals surface area contributed by atoms with Crippen LogP contribution in [-0.2, 0) is 11.2 Å². The highest BCUT2D eigenvalue weighted by atomic mass is 16.4. The Labute approximate surface area is 108 Å². The molecule has 1 N–H and O–H groups in total. The Kier molecular flexibility index (Phi) is 5.07. The molecule has 1 aromatic heterocycles. The van der Waals surface area contributed by atoms with Gasteiger partial charge in [-0.05, 0) is 39.7 Å². The van der Waals surface area contributed by atoms with Crippen LogP contribution in [0.3, 0.4) is 0 Å². The fraction of sp³-hybridized carbons (Fsp3) is 0.615. The van der Waals surface area contributed by atoms with E-state index < -0.39 is 5.97 Å². The van der Waals surface area contributed by atoms with E-state index in [-0.39, 0.29) is 6.42 Å². The van der Waals surface area contributed by atoms with Gasteiger partial charge in [-0.25, -0.2) is 9.97 Å². The Morgan fingerprint density at radius 2 is 1.67 bits per heavy atom. The van der Waals surface area contributed by atoms with E-state index >= 15 is 0 Å². The number of nitrogens with zero attached hydrogens (tertiary/aromatic N) is 3. The molecule has 0 radical (unpaired) electrons. The lowest BCUT2D eigenvalue weighted by molar-refractivity contribution is -0.136. The summed E-state index contributed by atoms with van der Waals surface area (Å²) in [5.41, 5.74) is 2.71. The van der Waals surface area contributed by atoms with Gasteiger partial charge in [0.1, 0.15) is 0 Å². The van der Waals surface area contributed by atoms with Crippen LogP contribution in [0.4, 0.5) is 5.95 Å². The Bertz CT molecular complexity index is 405. The van der Waals surface area contributed by atoms with Gasteiger partial charge >= 0.3 is 5.97 Å². The van der Waals surface area contributed by atoms with Crippen LogP contribution in [-0.4, -0.2) is 34.1 Å². The standard InChI is InChI=1S/C13H21N3O2/c1-5-16(6-2)13-14-9(3)11(10(4)15-13)7-8-12(17)18/h5-8H2,1-4H3,(H,17,18). The number of aromatic nitrogens is 2. The van der Waals surface area contributed by atoms with Crippen LogP contribution in [0.25, 0.3) is 0 Å². The lowest BCUT2D eigenvalue weighted by Gasteiger charge is -2.20. The SMILES string of the molecule is CCN(CC)c1nc(C)c(CCC(=O)O)c(C)n1. The Balaban J connectivity index is 3.00. The first-order valence-corrected chi connectivity index (χ1v) is 6.30. The Morgan fingerprint density at radius 3 is 2.06 bits per heavy atom. The molecule has 1 heterocycles. The topological polar surface area (TPSA) is 66.3 Å². The number of hydrogen-bond acceptors (Lipinski definition) is 4. The van der Waals surface area contributed by atoms with Crippen molar-refractivity contribution in [3.05, 3.63) is 17.0 Å². The number of anilines is 1. The monoisotopic (exact) mass is 251 g/mol. The summed E-state index contributed by atoms with van der Waals surface area (Å²) in [7, 11) is 0. The number of hydrogen-bond donors (Lipinski definition) is 1. The van der Waals surface area contributed by atoms with Crippen LogP contribution >= 0.6 is 0 Å². The van der Waals surface area contributed by atoms with E-state index in [0.29, 0.717) is 6.42 Å². The summed E-state index contributed by atoms with van der Waals surface area (Å²) in [5.74, 6) is -0.0595. The molecule has 0 saturated heterocycles. The molecular formula is C13H21N3O2. The number of carboxylic acids is 1. The van der Waals surface area contributed by atoms with Crippen molar-refractivity contribution in [1.29, 1.82) is 0 Å². The number of aryl methyl sites for hydroxylation is 2. The van der Waals surface area contributed by atoms with Crippen LogP contribution in [0.2, 0.25) is 0 Å². The van der Waals surface area contributed by atoms with E-state index in [4.69, 9.17) is 5.11 Å². The van der Waals surface area contributed by atoms with E-state index in [1.807, 2.05) is 13.8 Å². The lowest BCUT2D eigenvalue weighted by atomic mass is 10.1. The highest BCUT2D eigenvalue weighted by molar-refractivity contribution is 5.67. The fourth-order valence-electron chi connectivity index (χ4n) is 1.96. The van der Waals surface area contributed by atoms with Gasteiger partial charge in [-0.1, -0.05) is 0 Å². The van der Waals surface area contributed by atoms with Gasteiger partial charge in [0.25, 0.3) is 0 Å². The number of carboxylic acid groups (broad SMARTS) is 1. The summed E-state index contributed by atoms with van der Waals surface area (Å²) in [4.78, 5) is 21.6. The smallest absolute Gasteiger partial charge is 0.303 e. The molecule has 100 valence electrons. The van der Waals surface area contributed by atoms with Crippen LogP contribution in [0.15, 0.2) is 0 Å². The molecule has 1 aromatic rings. The zero-order chi connectivity index (χ0) is 13.7. The van der Waals surface area contributed by atoms with Crippen LogP contribution in [0.5, 0.6) is 0 Å². The quantitative estimate of drug-likeness (QED) is 0.837. The summed E-state index contributed by atoms with van der Waals surface area (Å²) in [6, 6.07) is 0. The highest BCUT2D eigenvalue weighted by Crippen LogP contribution is 2.17. The normalized spacial score (nSPS) is 10.4. The number of carbonyl (C=O) groups is 1. The second-order valence-electron chi connectivity index (χ2n) is 4.24. The van der Waals surface area contributed by atoms with E-state index in [1.165, 1.54) is 0 Å². The molecule has 0 aliphatic heterocycles. The van der Waals surface area contributed by atoms with Gasteiger partial charge in [-0.15, -0.1) is 0 Å². The number of rotatable bonds is 6. The predicted molar refractivity (Wildman–Crippen MR) is 71.0 cm³/mol. The highest BCUT2D eigenvalue weighted by Gasteiger charge is 2.12. The van der Waals surface area contributed by atoms with Crippen LogP contribution in [0, 0.1) is 13.8 Å². The third-order valence-electron chi connectivity index (χ3n) is 3.04. The molecule has 5 nitrogen and oxygen atoms in total. The molecule has 0 aromatic carbocycles. The summed E-state index contributed by atoms with van der Waals surface area (Å²) in [6.45, 7) is 9.69. The Hall–Kier alpha value is -1.65. The van der Waals surface area contributed by atoms with Crippen LogP contribution < -0.4 is 4.90 Å². The molecule has 0 atom stereocenters. The molecular weight excluding hydrogens is 230 g/mol. The van der Waals surface area contributed by atoms with Crippen molar-refractivity contribution in [2.45, 2.75) is 40.5 Å². The lowest BCUT2D eigenvalue weighted by Crippen LogP contribution is -2.25. The number of aliphatic carboxylic acids is 1. The molecule has 0 fully saturated rings. The average molecular weight is 251 g/mol. The maximum atomic E-state index is 10.6.